The highest BCUT2D eigenvalue weighted by molar-refractivity contribution is 5.93. The van der Waals surface area contributed by atoms with Crippen molar-refractivity contribution in [3.05, 3.63) is 29.8 Å². The van der Waals surface area contributed by atoms with E-state index in [0.29, 0.717) is 13.2 Å². The van der Waals surface area contributed by atoms with E-state index in [1.807, 2.05) is 0 Å². The van der Waals surface area contributed by atoms with Gasteiger partial charge in [-0.15, -0.1) is 0 Å². The third kappa shape index (κ3) is 6.53. The number of carbonyl (C=O) groups excluding carboxylic acids is 1. The Morgan fingerprint density at radius 3 is 2.65 bits per heavy atom. The number of hydrogen-bond acceptors (Lipinski definition) is 3. The summed E-state index contributed by atoms with van der Waals surface area (Å²) in [4.78, 5) is 11.6. The molecule has 0 aliphatic carbocycles. The lowest BCUT2D eigenvalue weighted by molar-refractivity contribution is -0.127. The summed E-state index contributed by atoms with van der Waals surface area (Å²) in [6.45, 7) is 0.968. The third-order valence-corrected chi connectivity index (χ3v) is 2.45. The van der Waals surface area contributed by atoms with Crippen LogP contribution in [-0.4, -0.2) is 38.9 Å². The van der Waals surface area contributed by atoms with Crippen LogP contribution >= 0.6 is 0 Å². The number of amides is 1. The monoisotopic (exact) mass is 290 g/mol. The molecule has 0 aromatic heterocycles. The van der Waals surface area contributed by atoms with E-state index in [9.17, 15) is 18.0 Å². The molecule has 1 rings (SSSR count). The van der Waals surface area contributed by atoms with E-state index in [4.69, 9.17) is 4.74 Å². The fourth-order valence-corrected chi connectivity index (χ4v) is 1.58. The topological polar surface area (TPSA) is 50.4 Å². The van der Waals surface area contributed by atoms with Crippen molar-refractivity contribution in [2.75, 3.05) is 32.1 Å². The number of halogens is 3. The summed E-state index contributed by atoms with van der Waals surface area (Å²) in [5.41, 5.74) is 0.230. The lowest BCUT2D eigenvalue weighted by Crippen LogP contribution is -2.30. The van der Waals surface area contributed by atoms with Gasteiger partial charge in [-0.2, -0.15) is 13.2 Å². The standard InChI is InChI=1S/C13H17F3N2O2/c1-20-7-6-17-9-12(19)18-11-5-3-2-4-10(11)8-13(14,15)16/h2-5,17H,6-9H2,1H3,(H,18,19). The second-order valence-electron chi connectivity index (χ2n) is 4.17. The summed E-state index contributed by atoms with van der Waals surface area (Å²) in [6, 6.07) is 5.89. The molecule has 2 N–H and O–H groups in total. The van der Waals surface area contributed by atoms with Crippen LogP contribution < -0.4 is 10.6 Å². The predicted molar refractivity (Wildman–Crippen MR) is 69.6 cm³/mol. The second-order valence-corrected chi connectivity index (χ2v) is 4.17. The van der Waals surface area contributed by atoms with Crippen LogP contribution in [0.2, 0.25) is 0 Å². The molecule has 0 fully saturated rings. The Labute approximate surface area is 115 Å². The Morgan fingerprint density at radius 2 is 2.00 bits per heavy atom. The van der Waals surface area contributed by atoms with Crippen LogP contribution in [0.1, 0.15) is 5.56 Å². The molecule has 112 valence electrons. The van der Waals surface area contributed by atoms with Gasteiger partial charge >= 0.3 is 6.18 Å². The zero-order valence-corrected chi connectivity index (χ0v) is 11.1. The average molecular weight is 290 g/mol. The van der Waals surface area contributed by atoms with Gasteiger partial charge in [0.25, 0.3) is 0 Å². The fourth-order valence-electron chi connectivity index (χ4n) is 1.58. The number of anilines is 1. The highest BCUT2D eigenvalue weighted by atomic mass is 19.4. The molecule has 0 atom stereocenters. The molecule has 0 aliphatic rings. The summed E-state index contributed by atoms with van der Waals surface area (Å²) < 4.78 is 42.0. The van der Waals surface area contributed by atoms with Crippen molar-refractivity contribution >= 4 is 11.6 Å². The van der Waals surface area contributed by atoms with Crippen molar-refractivity contribution in [3.8, 4) is 0 Å². The molecule has 0 spiro atoms. The average Bonchev–Trinajstić information content (AvgIpc) is 2.35. The Morgan fingerprint density at radius 1 is 1.30 bits per heavy atom. The van der Waals surface area contributed by atoms with Crippen molar-refractivity contribution < 1.29 is 22.7 Å². The first-order valence-corrected chi connectivity index (χ1v) is 6.06. The number of benzene rings is 1. The van der Waals surface area contributed by atoms with Crippen LogP contribution in [0.3, 0.4) is 0 Å². The van der Waals surface area contributed by atoms with E-state index in [-0.39, 0.29) is 17.8 Å². The smallest absolute Gasteiger partial charge is 0.383 e. The van der Waals surface area contributed by atoms with E-state index < -0.39 is 18.5 Å². The summed E-state index contributed by atoms with van der Waals surface area (Å²) in [5, 5.41) is 5.28. The molecule has 4 nitrogen and oxygen atoms in total. The third-order valence-electron chi connectivity index (χ3n) is 2.45. The van der Waals surface area contributed by atoms with Gasteiger partial charge < -0.3 is 15.4 Å². The minimum absolute atomic E-state index is 0.0176. The molecular weight excluding hydrogens is 273 g/mol. The molecular formula is C13H17F3N2O2. The summed E-state index contributed by atoms with van der Waals surface area (Å²) in [7, 11) is 1.54. The molecule has 0 unspecified atom stereocenters. The van der Waals surface area contributed by atoms with Crippen LogP contribution in [0.25, 0.3) is 0 Å². The number of para-hydroxylation sites is 1. The van der Waals surface area contributed by atoms with E-state index in [2.05, 4.69) is 10.6 Å². The molecule has 0 saturated carbocycles. The summed E-state index contributed by atoms with van der Waals surface area (Å²) >= 11 is 0. The van der Waals surface area contributed by atoms with Gasteiger partial charge in [-0.1, -0.05) is 18.2 Å². The Bertz CT molecular complexity index is 436. The molecule has 0 aliphatic heterocycles. The van der Waals surface area contributed by atoms with Gasteiger partial charge in [-0.05, 0) is 11.6 Å². The first-order chi connectivity index (χ1) is 9.42. The van der Waals surface area contributed by atoms with Gasteiger partial charge in [-0.3, -0.25) is 4.79 Å². The van der Waals surface area contributed by atoms with Crippen LogP contribution in [0.15, 0.2) is 24.3 Å². The molecule has 1 aromatic rings. The van der Waals surface area contributed by atoms with Gasteiger partial charge in [0.2, 0.25) is 5.91 Å². The summed E-state index contributed by atoms with van der Waals surface area (Å²) in [6.07, 6.45) is -5.38. The number of alkyl halides is 3. The van der Waals surface area contributed by atoms with Gasteiger partial charge in [0, 0.05) is 19.3 Å². The summed E-state index contributed by atoms with van der Waals surface area (Å²) in [5.74, 6) is -0.393. The minimum Gasteiger partial charge on any atom is -0.383 e. The maximum atomic E-state index is 12.4. The van der Waals surface area contributed by atoms with Crippen LogP contribution in [0, 0.1) is 0 Å². The zero-order valence-electron chi connectivity index (χ0n) is 11.1. The number of nitrogens with one attached hydrogen (secondary N) is 2. The number of carbonyl (C=O) groups is 1. The van der Waals surface area contributed by atoms with E-state index >= 15 is 0 Å². The van der Waals surface area contributed by atoms with Crippen molar-refractivity contribution in [1.29, 1.82) is 0 Å². The largest absolute Gasteiger partial charge is 0.393 e. The lowest BCUT2D eigenvalue weighted by Gasteiger charge is -2.13. The highest BCUT2D eigenvalue weighted by Crippen LogP contribution is 2.25. The number of ether oxygens (including phenoxy) is 1. The quantitative estimate of drug-likeness (QED) is 0.755. The first-order valence-electron chi connectivity index (χ1n) is 6.06. The molecule has 0 saturated heterocycles. The normalized spacial score (nSPS) is 11.4. The Balaban J connectivity index is 2.56. The maximum Gasteiger partial charge on any atom is 0.393 e. The number of methoxy groups -OCH3 is 1. The van der Waals surface area contributed by atoms with E-state index in [1.165, 1.54) is 25.3 Å². The lowest BCUT2D eigenvalue weighted by atomic mass is 10.1. The molecule has 0 bridgehead atoms. The highest BCUT2D eigenvalue weighted by Gasteiger charge is 2.28. The molecule has 20 heavy (non-hydrogen) atoms. The molecule has 0 heterocycles. The van der Waals surface area contributed by atoms with Crippen molar-refractivity contribution in [2.24, 2.45) is 0 Å². The van der Waals surface area contributed by atoms with Gasteiger partial charge in [0.1, 0.15) is 0 Å². The molecule has 7 heteroatoms. The van der Waals surface area contributed by atoms with Crippen LogP contribution in [0.5, 0.6) is 0 Å². The maximum absolute atomic E-state index is 12.4. The van der Waals surface area contributed by atoms with E-state index in [1.54, 1.807) is 6.07 Å². The number of rotatable bonds is 7. The van der Waals surface area contributed by atoms with Crippen molar-refractivity contribution in [2.45, 2.75) is 12.6 Å². The van der Waals surface area contributed by atoms with Crippen LogP contribution in [0.4, 0.5) is 18.9 Å². The SMILES string of the molecule is COCCNCC(=O)Nc1ccccc1CC(F)(F)F. The van der Waals surface area contributed by atoms with E-state index in [0.717, 1.165) is 0 Å². The van der Waals surface area contributed by atoms with Crippen LogP contribution in [-0.2, 0) is 16.0 Å². The molecule has 1 aromatic carbocycles. The molecule has 1 amide bonds. The van der Waals surface area contributed by atoms with Gasteiger partial charge in [-0.25, -0.2) is 0 Å². The Kier molecular flexibility index (Phi) is 6.47. The van der Waals surface area contributed by atoms with Gasteiger partial charge in [0.15, 0.2) is 0 Å². The minimum atomic E-state index is -4.31. The zero-order chi connectivity index (χ0) is 15.0. The van der Waals surface area contributed by atoms with Gasteiger partial charge in [0.05, 0.1) is 19.6 Å². The van der Waals surface area contributed by atoms with Crippen molar-refractivity contribution in [3.63, 3.8) is 0 Å². The molecule has 0 radical (unpaired) electrons. The number of hydrogen-bond donors (Lipinski definition) is 2. The Hall–Kier alpha value is -1.60. The van der Waals surface area contributed by atoms with Crippen molar-refractivity contribution in [1.82, 2.24) is 5.32 Å². The fraction of sp³-hybridized carbons (Fsp3) is 0.462. The predicted octanol–water partition coefficient (Wildman–Crippen LogP) is 1.97. The second kappa shape index (κ2) is 7.86. The first kappa shape index (κ1) is 16.5.